The number of nitrogens with zero attached hydrogens (tertiary/aromatic N) is 3. The van der Waals surface area contributed by atoms with E-state index in [2.05, 4.69) is 34.2 Å². The number of anilines is 1. The van der Waals surface area contributed by atoms with Gasteiger partial charge in [-0.1, -0.05) is 24.3 Å². The van der Waals surface area contributed by atoms with Crippen molar-refractivity contribution >= 4 is 5.82 Å². The molecule has 0 aliphatic heterocycles. The number of rotatable bonds is 4. The van der Waals surface area contributed by atoms with Crippen LogP contribution in [0.1, 0.15) is 17.2 Å². The molecule has 1 N–H and O–H groups in total. The molecule has 5 nitrogen and oxygen atoms in total. The normalized spacial score (nSPS) is 10.8. The van der Waals surface area contributed by atoms with E-state index in [4.69, 9.17) is 4.42 Å². The lowest BCUT2D eigenvalue weighted by Crippen LogP contribution is -2.16. The lowest BCUT2D eigenvalue weighted by Gasteiger charge is -2.12. The molecule has 0 bridgehead atoms. The molecule has 0 radical (unpaired) electrons. The first-order chi connectivity index (χ1) is 10.1. The quantitative estimate of drug-likeness (QED) is 0.797. The van der Waals surface area contributed by atoms with Gasteiger partial charge in [0.15, 0.2) is 5.82 Å². The summed E-state index contributed by atoms with van der Waals surface area (Å²) >= 11 is 0. The summed E-state index contributed by atoms with van der Waals surface area (Å²) in [4.78, 5) is 6.22. The van der Waals surface area contributed by atoms with Crippen molar-refractivity contribution in [3.05, 3.63) is 53.7 Å². The van der Waals surface area contributed by atoms with Crippen molar-refractivity contribution in [2.24, 2.45) is 0 Å². The van der Waals surface area contributed by atoms with Crippen molar-refractivity contribution in [2.45, 2.75) is 20.4 Å². The molecular formula is C16H18N4O. The summed E-state index contributed by atoms with van der Waals surface area (Å²) < 4.78 is 5.50. The standard InChI is InChI=1S/C16H18N4O/c1-11-6-4-5-7-13(11)14-8-15(19-18-14)20(3)10-16-17-9-12(2)21-16/h4-9H,10H2,1-3H3,(H,18,19). The summed E-state index contributed by atoms with van der Waals surface area (Å²) in [6.07, 6.45) is 1.73. The maximum atomic E-state index is 5.50. The lowest BCUT2D eigenvalue weighted by molar-refractivity contribution is 0.469. The van der Waals surface area contributed by atoms with Gasteiger partial charge in [-0.25, -0.2) is 4.98 Å². The van der Waals surface area contributed by atoms with Gasteiger partial charge in [-0.05, 0) is 19.4 Å². The van der Waals surface area contributed by atoms with Crippen LogP contribution in [0.4, 0.5) is 5.82 Å². The Balaban J connectivity index is 1.80. The van der Waals surface area contributed by atoms with Crippen LogP contribution in [-0.2, 0) is 6.54 Å². The number of aryl methyl sites for hydroxylation is 2. The highest BCUT2D eigenvalue weighted by molar-refractivity contribution is 5.66. The van der Waals surface area contributed by atoms with Crippen molar-refractivity contribution in [2.75, 3.05) is 11.9 Å². The molecule has 0 atom stereocenters. The summed E-state index contributed by atoms with van der Waals surface area (Å²) in [5.41, 5.74) is 3.40. The molecule has 0 fully saturated rings. The third kappa shape index (κ3) is 2.81. The summed E-state index contributed by atoms with van der Waals surface area (Å²) in [6.45, 7) is 4.57. The molecule has 0 aliphatic rings. The van der Waals surface area contributed by atoms with E-state index in [9.17, 15) is 0 Å². The minimum atomic E-state index is 0.589. The number of hydrogen-bond donors (Lipinski definition) is 1. The van der Waals surface area contributed by atoms with E-state index in [1.807, 2.05) is 37.1 Å². The van der Waals surface area contributed by atoms with E-state index in [-0.39, 0.29) is 0 Å². The van der Waals surface area contributed by atoms with Crippen LogP contribution < -0.4 is 4.90 Å². The molecule has 0 spiro atoms. The van der Waals surface area contributed by atoms with Crippen LogP contribution in [0.3, 0.4) is 0 Å². The number of benzene rings is 1. The van der Waals surface area contributed by atoms with Gasteiger partial charge in [0, 0.05) is 18.7 Å². The first-order valence-corrected chi connectivity index (χ1v) is 6.87. The third-order valence-electron chi connectivity index (χ3n) is 3.43. The second-order valence-electron chi connectivity index (χ2n) is 5.18. The van der Waals surface area contributed by atoms with E-state index in [0.29, 0.717) is 12.4 Å². The Morgan fingerprint density at radius 1 is 1.24 bits per heavy atom. The minimum Gasteiger partial charge on any atom is -0.444 e. The molecule has 21 heavy (non-hydrogen) atoms. The van der Waals surface area contributed by atoms with Gasteiger partial charge in [-0.15, -0.1) is 0 Å². The SMILES string of the molecule is Cc1cnc(CN(C)c2cc(-c3ccccc3C)[nH]n2)o1. The van der Waals surface area contributed by atoms with E-state index in [1.54, 1.807) is 6.20 Å². The van der Waals surface area contributed by atoms with Crippen LogP contribution in [0.2, 0.25) is 0 Å². The molecule has 108 valence electrons. The highest BCUT2D eigenvalue weighted by Gasteiger charge is 2.11. The summed E-state index contributed by atoms with van der Waals surface area (Å²) in [6, 6.07) is 10.3. The predicted molar refractivity (Wildman–Crippen MR) is 82.1 cm³/mol. The molecule has 3 rings (SSSR count). The summed E-state index contributed by atoms with van der Waals surface area (Å²) in [7, 11) is 1.97. The van der Waals surface area contributed by atoms with Gasteiger partial charge in [0.2, 0.25) is 5.89 Å². The summed E-state index contributed by atoms with van der Waals surface area (Å²) in [5, 5.41) is 7.46. The first-order valence-electron chi connectivity index (χ1n) is 6.87. The number of aromatic amines is 1. The fourth-order valence-corrected chi connectivity index (χ4v) is 2.28. The molecule has 0 saturated heterocycles. The minimum absolute atomic E-state index is 0.589. The van der Waals surface area contributed by atoms with Gasteiger partial charge in [-0.2, -0.15) is 5.10 Å². The zero-order valence-corrected chi connectivity index (χ0v) is 12.4. The van der Waals surface area contributed by atoms with Crippen LogP contribution in [0.25, 0.3) is 11.3 Å². The van der Waals surface area contributed by atoms with E-state index in [0.717, 1.165) is 22.8 Å². The van der Waals surface area contributed by atoms with E-state index in [1.165, 1.54) is 5.56 Å². The van der Waals surface area contributed by atoms with Crippen molar-refractivity contribution in [3.8, 4) is 11.3 Å². The second-order valence-corrected chi connectivity index (χ2v) is 5.18. The fourth-order valence-electron chi connectivity index (χ4n) is 2.28. The fraction of sp³-hybridized carbons (Fsp3) is 0.250. The Bertz CT molecular complexity index is 744. The molecule has 0 aliphatic carbocycles. The lowest BCUT2D eigenvalue weighted by atomic mass is 10.1. The Morgan fingerprint density at radius 2 is 2.05 bits per heavy atom. The average Bonchev–Trinajstić information content (AvgIpc) is 3.09. The highest BCUT2D eigenvalue weighted by atomic mass is 16.4. The van der Waals surface area contributed by atoms with Crippen LogP contribution in [0.5, 0.6) is 0 Å². The van der Waals surface area contributed by atoms with Crippen molar-refractivity contribution < 1.29 is 4.42 Å². The number of H-pyrrole nitrogens is 1. The summed E-state index contributed by atoms with van der Waals surface area (Å²) in [5.74, 6) is 2.38. The largest absolute Gasteiger partial charge is 0.444 e. The Morgan fingerprint density at radius 3 is 2.76 bits per heavy atom. The van der Waals surface area contributed by atoms with Gasteiger partial charge in [0.05, 0.1) is 18.4 Å². The zero-order chi connectivity index (χ0) is 14.8. The number of hydrogen-bond acceptors (Lipinski definition) is 4. The van der Waals surface area contributed by atoms with Gasteiger partial charge >= 0.3 is 0 Å². The van der Waals surface area contributed by atoms with Crippen LogP contribution in [0, 0.1) is 13.8 Å². The van der Waals surface area contributed by atoms with Gasteiger partial charge in [-0.3, -0.25) is 5.10 Å². The molecule has 0 amide bonds. The first kappa shape index (κ1) is 13.4. The van der Waals surface area contributed by atoms with Crippen LogP contribution >= 0.6 is 0 Å². The third-order valence-corrected chi connectivity index (χ3v) is 3.43. The monoisotopic (exact) mass is 282 g/mol. The molecular weight excluding hydrogens is 264 g/mol. The van der Waals surface area contributed by atoms with Crippen LogP contribution in [-0.4, -0.2) is 22.2 Å². The van der Waals surface area contributed by atoms with Crippen molar-refractivity contribution in [3.63, 3.8) is 0 Å². The maximum Gasteiger partial charge on any atom is 0.213 e. The molecule has 2 heterocycles. The predicted octanol–water partition coefficient (Wildman–Crippen LogP) is 3.32. The highest BCUT2D eigenvalue weighted by Crippen LogP contribution is 2.24. The Hall–Kier alpha value is -2.56. The van der Waals surface area contributed by atoms with Gasteiger partial charge < -0.3 is 9.32 Å². The second kappa shape index (κ2) is 5.44. The number of nitrogens with one attached hydrogen (secondary N) is 1. The molecule has 2 aromatic heterocycles. The molecule has 1 aromatic carbocycles. The Kier molecular flexibility index (Phi) is 3.48. The van der Waals surface area contributed by atoms with E-state index < -0.39 is 0 Å². The van der Waals surface area contributed by atoms with Crippen LogP contribution in [0.15, 0.2) is 40.9 Å². The number of aromatic nitrogens is 3. The molecule has 0 unspecified atom stereocenters. The van der Waals surface area contributed by atoms with Gasteiger partial charge in [0.25, 0.3) is 0 Å². The van der Waals surface area contributed by atoms with Crippen molar-refractivity contribution in [1.82, 2.24) is 15.2 Å². The smallest absolute Gasteiger partial charge is 0.213 e. The Labute approximate surface area is 123 Å². The molecule has 0 saturated carbocycles. The average molecular weight is 282 g/mol. The topological polar surface area (TPSA) is 58.0 Å². The van der Waals surface area contributed by atoms with E-state index >= 15 is 0 Å². The molecule has 5 heteroatoms. The van der Waals surface area contributed by atoms with Gasteiger partial charge in [0.1, 0.15) is 5.76 Å². The maximum absolute atomic E-state index is 5.50. The number of oxazole rings is 1. The van der Waals surface area contributed by atoms with Crippen molar-refractivity contribution in [1.29, 1.82) is 0 Å². The molecule has 3 aromatic rings. The zero-order valence-electron chi connectivity index (χ0n) is 12.4.